The van der Waals surface area contributed by atoms with Crippen LogP contribution < -0.4 is 10.1 Å². The van der Waals surface area contributed by atoms with Gasteiger partial charge in [0.2, 0.25) is 0 Å². The Balaban J connectivity index is 1.40. The van der Waals surface area contributed by atoms with Gasteiger partial charge in [0.25, 0.3) is 5.91 Å². The lowest BCUT2D eigenvalue weighted by molar-refractivity contribution is 0.0699. The summed E-state index contributed by atoms with van der Waals surface area (Å²) < 4.78 is 5.79. The highest BCUT2D eigenvalue weighted by atomic mass is 35.5. The van der Waals surface area contributed by atoms with Crippen LogP contribution >= 0.6 is 34.7 Å². The van der Waals surface area contributed by atoms with Crippen LogP contribution in [0.15, 0.2) is 41.3 Å². The maximum Gasteiger partial charge on any atom is 0.409 e. The molecule has 2 aromatic carbocycles. The van der Waals surface area contributed by atoms with Gasteiger partial charge in [-0.2, -0.15) is 0 Å². The molecule has 0 atom stereocenters. The molecule has 0 aliphatic carbocycles. The number of anilines is 1. The minimum absolute atomic E-state index is 0.0850. The molecule has 1 aromatic heterocycles. The van der Waals surface area contributed by atoms with E-state index in [4.69, 9.17) is 16.3 Å². The maximum absolute atomic E-state index is 13.6. The Morgan fingerprint density at radius 2 is 1.94 bits per heavy atom. The van der Waals surface area contributed by atoms with Crippen LogP contribution in [0.2, 0.25) is 5.02 Å². The summed E-state index contributed by atoms with van der Waals surface area (Å²) in [5.41, 5.74) is 1.03. The highest BCUT2D eigenvalue weighted by Crippen LogP contribution is 2.49. The van der Waals surface area contributed by atoms with Crippen LogP contribution in [0.5, 0.6) is 5.75 Å². The molecule has 10 heteroatoms. The number of rotatable bonds is 3. The van der Waals surface area contributed by atoms with Crippen molar-refractivity contribution in [2.45, 2.75) is 28.9 Å². The standard InChI is InChI=1S/C24H21ClN2O5S2/c1-32-14-3-4-15-19(11-14)33-21(26-23(30)31)20(15)22(29)27-8-6-24(7-9-27)12-17(28)16-10-13(25)2-5-18(16)34-24/h2-5,10-11,26H,6-9,12H2,1H3,(H,30,31). The van der Waals surface area contributed by atoms with Crippen molar-refractivity contribution < 1.29 is 24.2 Å². The summed E-state index contributed by atoms with van der Waals surface area (Å²) in [6.45, 7) is 0.976. The number of Topliss-reactive ketones (excluding diaryl/α,β-unsaturated/α-hetero) is 1. The molecule has 0 saturated carbocycles. The van der Waals surface area contributed by atoms with Crippen LogP contribution in [0.4, 0.5) is 9.80 Å². The minimum Gasteiger partial charge on any atom is -0.497 e. The van der Waals surface area contributed by atoms with Crippen molar-refractivity contribution in [1.29, 1.82) is 0 Å². The van der Waals surface area contributed by atoms with Gasteiger partial charge < -0.3 is 14.7 Å². The lowest BCUT2D eigenvalue weighted by Gasteiger charge is -2.43. The highest BCUT2D eigenvalue weighted by molar-refractivity contribution is 8.01. The Morgan fingerprint density at radius 3 is 2.65 bits per heavy atom. The molecular formula is C24H21ClN2O5S2. The molecule has 176 valence electrons. The van der Waals surface area contributed by atoms with Gasteiger partial charge >= 0.3 is 6.09 Å². The smallest absolute Gasteiger partial charge is 0.409 e. The van der Waals surface area contributed by atoms with Gasteiger partial charge in [0.1, 0.15) is 10.8 Å². The molecule has 3 heterocycles. The number of benzene rings is 2. The SMILES string of the molecule is COc1ccc2c(C(=O)N3CCC4(CC3)CC(=O)c3cc(Cl)ccc3S4)c(NC(=O)O)sc2c1. The van der Waals surface area contributed by atoms with Crippen molar-refractivity contribution >= 4 is 67.6 Å². The van der Waals surface area contributed by atoms with E-state index in [0.717, 1.165) is 9.60 Å². The van der Waals surface area contributed by atoms with Crippen molar-refractivity contribution in [1.82, 2.24) is 4.90 Å². The van der Waals surface area contributed by atoms with E-state index in [-0.39, 0.29) is 16.4 Å². The Kier molecular flexibility index (Phi) is 5.95. The largest absolute Gasteiger partial charge is 0.497 e. The topological polar surface area (TPSA) is 95.9 Å². The van der Waals surface area contributed by atoms with E-state index in [1.54, 1.807) is 54.1 Å². The third-order valence-corrected chi connectivity index (χ3v) is 9.21. The number of nitrogens with one attached hydrogen (secondary N) is 1. The first-order chi connectivity index (χ1) is 16.3. The Hall–Kier alpha value is -2.75. The average Bonchev–Trinajstić information content (AvgIpc) is 3.15. The lowest BCUT2D eigenvalue weighted by atomic mass is 9.87. The van der Waals surface area contributed by atoms with E-state index in [0.29, 0.717) is 64.6 Å². The number of ketones is 1. The number of hydrogen-bond acceptors (Lipinski definition) is 6. The molecule has 7 nitrogen and oxygen atoms in total. The quantitative estimate of drug-likeness (QED) is 0.443. The fraction of sp³-hybridized carbons (Fsp3) is 0.292. The Labute approximate surface area is 209 Å². The maximum atomic E-state index is 13.6. The molecule has 3 aromatic rings. The van der Waals surface area contributed by atoms with E-state index < -0.39 is 6.09 Å². The third-order valence-electron chi connectivity index (χ3n) is 6.34. The van der Waals surface area contributed by atoms with Crippen LogP contribution in [-0.4, -0.2) is 52.7 Å². The van der Waals surface area contributed by atoms with E-state index in [9.17, 15) is 19.5 Å². The molecule has 34 heavy (non-hydrogen) atoms. The van der Waals surface area contributed by atoms with Crippen molar-refractivity contribution in [3.8, 4) is 5.75 Å². The molecule has 2 amide bonds. The first-order valence-electron chi connectivity index (χ1n) is 10.7. The second-order valence-corrected chi connectivity index (χ2v) is 11.4. The molecule has 1 spiro atoms. The predicted molar refractivity (Wildman–Crippen MR) is 134 cm³/mol. The number of methoxy groups -OCH3 is 1. The number of carbonyl (C=O) groups is 3. The molecule has 0 unspecified atom stereocenters. The summed E-state index contributed by atoms with van der Waals surface area (Å²) in [6.07, 6.45) is 0.546. The third kappa shape index (κ3) is 4.12. The van der Waals surface area contributed by atoms with E-state index in [1.807, 2.05) is 6.07 Å². The van der Waals surface area contributed by atoms with Gasteiger partial charge in [-0.1, -0.05) is 11.6 Å². The van der Waals surface area contributed by atoms with Gasteiger partial charge in [-0.25, -0.2) is 4.79 Å². The number of piperidine rings is 1. The van der Waals surface area contributed by atoms with Crippen LogP contribution in [0, 0.1) is 0 Å². The lowest BCUT2D eigenvalue weighted by Crippen LogP contribution is -2.47. The van der Waals surface area contributed by atoms with E-state index in [1.165, 1.54) is 11.3 Å². The Bertz CT molecular complexity index is 1330. The number of fused-ring (bicyclic) bond motifs is 2. The van der Waals surface area contributed by atoms with Crippen LogP contribution in [0.25, 0.3) is 10.1 Å². The summed E-state index contributed by atoms with van der Waals surface area (Å²) in [4.78, 5) is 40.5. The van der Waals surface area contributed by atoms with Gasteiger partial charge in [0, 0.05) is 49.8 Å². The van der Waals surface area contributed by atoms with Crippen LogP contribution in [0.3, 0.4) is 0 Å². The highest BCUT2D eigenvalue weighted by Gasteiger charge is 2.43. The molecule has 0 radical (unpaired) electrons. The van der Waals surface area contributed by atoms with Gasteiger partial charge in [0.15, 0.2) is 5.78 Å². The van der Waals surface area contributed by atoms with Crippen molar-refractivity contribution in [2.24, 2.45) is 0 Å². The van der Waals surface area contributed by atoms with E-state index >= 15 is 0 Å². The Morgan fingerprint density at radius 1 is 1.18 bits per heavy atom. The van der Waals surface area contributed by atoms with Gasteiger partial charge in [-0.05, 0) is 49.2 Å². The number of halogens is 1. The summed E-state index contributed by atoms with van der Waals surface area (Å²) in [5, 5.41) is 13.2. The number of thiophene rings is 1. The number of amides is 2. The summed E-state index contributed by atoms with van der Waals surface area (Å²) in [6, 6.07) is 10.8. The number of hydrogen-bond donors (Lipinski definition) is 2. The predicted octanol–water partition coefficient (Wildman–Crippen LogP) is 6.01. The molecule has 2 aliphatic heterocycles. The fourth-order valence-corrected chi connectivity index (χ4v) is 7.38. The second-order valence-electron chi connectivity index (χ2n) is 8.42. The van der Waals surface area contributed by atoms with Gasteiger partial charge in [-0.15, -0.1) is 23.1 Å². The van der Waals surface area contributed by atoms with Crippen LogP contribution in [0.1, 0.15) is 40.0 Å². The molecule has 5 rings (SSSR count). The molecule has 2 N–H and O–H groups in total. The number of nitrogens with zero attached hydrogens (tertiary/aromatic N) is 1. The molecular weight excluding hydrogens is 496 g/mol. The zero-order chi connectivity index (χ0) is 24.0. The number of ether oxygens (including phenoxy) is 1. The summed E-state index contributed by atoms with van der Waals surface area (Å²) in [5.74, 6) is 0.506. The average molecular weight is 517 g/mol. The number of carboxylic acid groups (broad SMARTS) is 1. The van der Waals surface area contributed by atoms with Crippen molar-refractivity contribution in [3.05, 3.63) is 52.5 Å². The second kappa shape index (κ2) is 8.79. The normalized spacial score (nSPS) is 17.0. The molecule has 1 fully saturated rings. The monoisotopic (exact) mass is 516 g/mol. The number of carbonyl (C=O) groups excluding carboxylic acids is 2. The van der Waals surface area contributed by atoms with Gasteiger partial charge in [0.05, 0.1) is 12.7 Å². The van der Waals surface area contributed by atoms with Crippen molar-refractivity contribution in [2.75, 3.05) is 25.5 Å². The minimum atomic E-state index is -1.22. The molecule has 0 bridgehead atoms. The van der Waals surface area contributed by atoms with Gasteiger partial charge in [-0.3, -0.25) is 14.9 Å². The molecule has 2 aliphatic rings. The summed E-state index contributed by atoms with van der Waals surface area (Å²) in [7, 11) is 1.56. The first kappa shape index (κ1) is 23.0. The number of likely N-dealkylation sites (tertiary alicyclic amines) is 1. The van der Waals surface area contributed by atoms with Crippen LogP contribution in [-0.2, 0) is 0 Å². The molecule has 1 saturated heterocycles. The fourth-order valence-electron chi connectivity index (χ4n) is 4.62. The van der Waals surface area contributed by atoms with E-state index in [2.05, 4.69) is 5.32 Å². The van der Waals surface area contributed by atoms with Crippen molar-refractivity contribution in [3.63, 3.8) is 0 Å². The number of thioether (sulfide) groups is 1. The summed E-state index contributed by atoms with van der Waals surface area (Å²) >= 11 is 8.98. The first-order valence-corrected chi connectivity index (χ1v) is 12.7. The zero-order valence-electron chi connectivity index (χ0n) is 18.2. The zero-order valence-corrected chi connectivity index (χ0v) is 20.6.